The molecule has 0 aliphatic carbocycles. The molecule has 6 nitrogen and oxygen atoms in total. The number of rotatable bonds is 5. The van der Waals surface area contributed by atoms with Gasteiger partial charge in [0, 0.05) is 36.4 Å². The Kier molecular flexibility index (Phi) is 5.10. The molecule has 30 heavy (non-hydrogen) atoms. The van der Waals surface area contributed by atoms with E-state index in [9.17, 15) is 0 Å². The van der Waals surface area contributed by atoms with Crippen LogP contribution in [0.2, 0.25) is 0 Å². The summed E-state index contributed by atoms with van der Waals surface area (Å²) < 4.78 is 10.9. The minimum absolute atomic E-state index is 0.722. The monoisotopic (exact) mass is 436 g/mol. The van der Waals surface area contributed by atoms with E-state index in [0.717, 1.165) is 58.8 Å². The molecule has 4 aromatic rings. The Morgan fingerprint density at radius 2 is 1.87 bits per heavy atom. The van der Waals surface area contributed by atoms with E-state index in [0.29, 0.717) is 0 Å². The topological polar surface area (TPSA) is 60.4 Å². The van der Waals surface area contributed by atoms with Gasteiger partial charge in [-0.15, -0.1) is 11.3 Å². The van der Waals surface area contributed by atoms with Crippen molar-refractivity contribution in [1.82, 2.24) is 15.0 Å². The van der Waals surface area contributed by atoms with Crippen molar-refractivity contribution in [3.05, 3.63) is 57.9 Å². The SMILES string of the molecule is COc1cc2c(cc1OC)CN(c1ncc(-c3ccsc3)c(-c3nccs3)n1)CC2. The molecule has 1 aromatic carbocycles. The zero-order valence-electron chi connectivity index (χ0n) is 16.7. The van der Waals surface area contributed by atoms with E-state index in [-0.39, 0.29) is 0 Å². The largest absolute Gasteiger partial charge is 0.493 e. The third kappa shape index (κ3) is 3.42. The predicted molar refractivity (Wildman–Crippen MR) is 121 cm³/mol. The number of nitrogens with zero attached hydrogens (tertiary/aromatic N) is 4. The van der Waals surface area contributed by atoms with Gasteiger partial charge in [0.05, 0.1) is 14.2 Å². The first kappa shape index (κ1) is 19.0. The molecule has 0 amide bonds. The Hall–Kier alpha value is -2.97. The highest BCUT2D eigenvalue weighted by atomic mass is 32.1. The van der Waals surface area contributed by atoms with Gasteiger partial charge in [-0.05, 0) is 52.1 Å². The molecular weight excluding hydrogens is 416 g/mol. The second-order valence-electron chi connectivity index (χ2n) is 6.93. The van der Waals surface area contributed by atoms with Crippen LogP contribution in [0.5, 0.6) is 11.5 Å². The van der Waals surface area contributed by atoms with Gasteiger partial charge in [-0.2, -0.15) is 11.3 Å². The number of benzene rings is 1. The molecule has 0 saturated carbocycles. The van der Waals surface area contributed by atoms with Crippen LogP contribution in [0.25, 0.3) is 21.8 Å². The Labute approximate surface area is 182 Å². The van der Waals surface area contributed by atoms with E-state index in [1.807, 2.05) is 17.8 Å². The van der Waals surface area contributed by atoms with Crippen molar-refractivity contribution < 1.29 is 9.47 Å². The summed E-state index contributed by atoms with van der Waals surface area (Å²) >= 11 is 3.26. The molecule has 0 fully saturated rings. The zero-order valence-corrected chi connectivity index (χ0v) is 18.3. The molecule has 0 saturated heterocycles. The number of fused-ring (bicyclic) bond motifs is 1. The molecule has 8 heteroatoms. The highest BCUT2D eigenvalue weighted by molar-refractivity contribution is 7.13. The molecule has 0 bridgehead atoms. The lowest BCUT2D eigenvalue weighted by atomic mass is 9.99. The summed E-state index contributed by atoms with van der Waals surface area (Å²) in [7, 11) is 3.33. The Morgan fingerprint density at radius 3 is 2.57 bits per heavy atom. The fourth-order valence-corrected chi connectivity index (χ4v) is 5.01. The number of anilines is 1. The van der Waals surface area contributed by atoms with E-state index >= 15 is 0 Å². The van der Waals surface area contributed by atoms with Gasteiger partial charge in [0.2, 0.25) is 5.95 Å². The van der Waals surface area contributed by atoms with Crippen molar-refractivity contribution in [1.29, 1.82) is 0 Å². The number of hydrogen-bond donors (Lipinski definition) is 0. The molecule has 1 aliphatic rings. The van der Waals surface area contributed by atoms with Crippen molar-refractivity contribution in [3.8, 4) is 33.3 Å². The second kappa shape index (κ2) is 8.04. The lowest BCUT2D eigenvalue weighted by Gasteiger charge is -2.30. The molecule has 0 N–H and O–H groups in total. The number of thiazole rings is 1. The molecular formula is C22H20N4O2S2. The van der Waals surface area contributed by atoms with E-state index in [2.05, 4.69) is 38.8 Å². The van der Waals surface area contributed by atoms with Gasteiger partial charge in [0.25, 0.3) is 0 Å². The Balaban J connectivity index is 1.52. The van der Waals surface area contributed by atoms with Crippen molar-refractivity contribution in [2.45, 2.75) is 13.0 Å². The maximum Gasteiger partial charge on any atom is 0.226 e. The minimum atomic E-state index is 0.722. The van der Waals surface area contributed by atoms with Crippen LogP contribution >= 0.6 is 22.7 Å². The zero-order chi connectivity index (χ0) is 20.5. The molecule has 1 aliphatic heterocycles. The second-order valence-corrected chi connectivity index (χ2v) is 8.60. The molecule has 0 atom stereocenters. The maximum atomic E-state index is 5.49. The van der Waals surface area contributed by atoms with Gasteiger partial charge in [-0.1, -0.05) is 0 Å². The van der Waals surface area contributed by atoms with Gasteiger partial charge >= 0.3 is 0 Å². The van der Waals surface area contributed by atoms with Crippen LogP contribution in [0.3, 0.4) is 0 Å². The number of hydrogen-bond acceptors (Lipinski definition) is 8. The Morgan fingerprint density at radius 1 is 1.03 bits per heavy atom. The van der Waals surface area contributed by atoms with Gasteiger partial charge < -0.3 is 14.4 Å². The van der Waals surface area contributed by atoms with Crippen LogP contribution in [0, 0.1) is 0 Å². The van der Waals surface area contributed by atoms with E-state index in [1.165, 1.54) is 11.1 Å². The lowest BCUT2D eigenvalue weighted by molar-refractivity contribution is 0.353. The normalized spacial score (nSPS) is 13.2. The smallest absolute Gasteiger partial charge is 0.226 e. The van der Waals surface area contributed by atoms with E-state index < -0.39 is 0 Å². The fourth-order valence-electron chi connectivity index (χ4n) is 3.71. The van der Waals surface area contributed by atoms with Crippen molar-refractivity contribution >= 4 is 28.6 Å². The van der Waals surface area contributed by atoms with Crippen LogP contribution in [-0.2, 0) is 13.0 Å². The fraction of sp³-hybridized carbons (Fsp3) is 0.227. The molecule has 152 valence electrons. The maximum absolute atomic E-state index is 5.49. The van der Waals surface area contributed by atoms with Crippen molar-refractivity contribution in [3.63, 3.8) is 0 Å². The number of ether oxygens (including phenoxy) is 2. The first-order chi connectivity index (χ1) is 14.8. The highest BCUT2D eigenvalue weighted by Crippen LogP contribution is 2.36. The lowest BCUT2D eigenvalue weighted by Crippen LogP contribution is -2.32. The van der Waals surface area contributed by atoms with Gasteiger partial charge in [-0.3, -0.25) is 0 Å². The minimum Gasteiger partial charge on any atom is -0.493 e. The van der Waals surface area contributed by atoms with Gasteiger partial charge in [0.15, 0.2) is 11.5 Å². The summed E-state index contributed by atoms with van der Waals surface area (Å²) in [4.78, 5) is 16.4. The average Bonchev–Trinajstić information content (AvgIpc) is 3.51. The standard InChI is InChI=1S/C22H20N4O2S2/c1-27-18-9-14-3-6-26(12-16(14)10-19(18)28-2)22-24-11-17(15-4-7-29-13-15)20(25-22)21-23-5-8-30-21/h4-5,7-11,13H,3,6,12H2,1-2H3. The first-order valence-corrected chi connectivity index (χ1v) is 11.4. The van der Waals surface area contributed by atoms with Crippen molar-refractivity contribution in [2.24, 2.45) is 0 Å². The predicted octanol–water partition coefficient (Wildman–Crippen LogP) is 4.91. The molecule has 5 rings (SSSR count). The molecule has 0 radical (unpaired) electrons. The summed E-state index contributed by atoms with van der Waals surface area (Å²) in [6.45, 7) is 1.57. The summed E-state index contributed by atoms with van der Waals surface area (Å²) in [6, 6.07) is 6.23. The number of methoxy groups -OCH3 is 2. The quantitative estimate of drug-likeness (QED) is 0.443. The molecule has 0 unspecified atom stereocenters. The number of thiophene rings is 1. The number of aromatic nitrogens is 3. The summed E-state index contributed by atoms with van der Waals surface area (Å²) in [5.74, 6) is 2.24. The van der Waals surface area contributed by atoms with Crippen molar-refractivity contribution in [2.75, 3.05) is 25.7 Å². The molecule has 3 aromatic heterocycles. The summed E-state index contributed by atoms with van der Waals surface area (Å²) in [5.41, 5.74) is 5.50. The van der Waals surface area contributed by atoms with E-state index in [4.69, 9.17) is 19.4 Å². The van der Waals surface area contributed by atoms with Crippen LogP contribution in [0.4, 0.5) is 5.95 Å². The van der Waals surface area contributed by atoms with Crippen LogP contribution in [0.15, 0.2) is 46.7 Å². The summed E-state index contributed by atoms with van der Waals surface area (Å²) in [6.07, 6.45) is 4.64. The van der Waals surface area contributed by atoms with Crippen LogP contribution in [-0.4, -0.2) is 35.7 Å². The Bertz CT molecular complexity index is 1160. The molecule has 4 heterocycles. The van der Waals surface area contributed by atoms with Crippen LogP contribution < -0.4 is 14.4 Å². The first-order valence-electron chi connectivity index (χ1n) is 9.55. The third-order valence-corrected chi connectivity index (χ3v) is 6.71. The average molecular weight is 437 g/mol. The summed E-state index contributed by atoms with van der Waals surface area (Å²) in [5, 5.41) is 7.07. The third-order valence-electron chi connectivity index (χ3n) is 5.24. The van der Waals surface area contributed by atoms with Gasteiger partial charge in [0.1, 0.15) is 10.7 Å². The highest BCUT2D eigenvalue weighted by Gasteiger charge is 2.23. The van der Waals surface area contributed by atoms with Gasteiger partial charge in [-0.25, -0.2) is 15.0 Å². The molecule has 0 spiro atoms. The van der Waals surface area contributed by atoms with E-state index in [1.54, 1.807) is 36.9 Å². The van der Waals surface area contributed by atoms with Crippen LogP contribution in [0.1, 0.15) is 11.1 Å².